The average molecular weight is 487 g/mol. The van der Waals surface area contributed by atoms with Crippen molar-refractivity contribution in [2.24, 2.45) is 0 Å². The SMILES string of the molecule is CC(=O)Nc1sc2c(c1C(=O)OCC(=O)N1CCN(c3ccc([N+](=O)[O-])cc3)CC1)CCCC2. The molecular weight excluding hydrogens is 460 g/mol. The van der Waals surface area contributed by atoms with Crippen molar-refractivity contribution in [2.45, 2.75) is 32.6 Å². The van der Waals surface area contributed by atoms with Crippen molar-refractivity contribution >= 4 is 45.5 Å². The van der Waals surface area contributed by atoms with E-state index in [1.165, 1.54) is 30.4 Å². The molecule has 0 spiro atoms. The van der Waals surface area contributed by atoms with E-state index < -0.39 is 10.9 Å². The third-order valence-corrected chi connectivity index (χ3v) is 7.26. The highest BCUT2D eigenvalue weighted by Gasteiger charge is 2.28. The molecule has 0 unspecified atom stereocenters. The number of piperazine rings is 1. The van der Waals surface area contributed by atoms with Gasteiger partial charge in [-0.15, -0.1) is 11.3 Å². The van der Waals surface area contributed by atoms with Gasteiger partial charge >= 0.3 is 5.97 Å². The minimum atomic E-state index is -0.582. The Morgan fingerprint density at radius 3 is 2.41 bits per heavy atom. The van der Waals surface area contributed by atoms with E-state index in [0.29, 0.717) is 36.7 Å². The summed E-state index contributed by atoms with van der Waals surface area (Å²) in [4.78, 5) is 52.3. The smallest absolute Gasteiger partial charge is 0.341 e. The van der Waals surface area contributed by atoms with E-state index in [0.717, 1.165) is 41.8 Å². The number of nitrogens with one attached hydrogen (secondary N) is 1. The third kappa shape index (κ3) is 5.19. The normalized spacial score (nSPS) is 15.4. The number of carbonyl (C=O) groups is 3. The first kappa shape index (κ1) is 23.7. The highest BCUT2D eigenvalue weighted by molar-refractivity contribution is 7.17. The van der Waals surface area contributed by atoms with Crippen molar-refractivity contribution in [1.29, 1.82) is 0 Å². The topological polar surface area (TPSA) is 122 Å². The minimum Gasteiger partial charge on any atom is -0.452 e. The summed E-state index contributed by atoms with van der Waals surface area (Å²) in [6.45, 7) is 3.09. The molecule has 1 aliphatic heterocycles. The Morgan fingerprint density at radius 1 is 1.09 bits per heavy atom. The lowest BCUT2D eigenvalue weighted by molar-refractivity contribution is -0.384. The summed E-state index contributed by atoms with van der Waals surface area (Å²) in [5, 5.41) is 14.0. The number of benzene rings is 1. The van der Waals surface area contributed by atoms with Crippen LogP contribution in [0.3, 0.4) is 0 Å². The van der Waals surface area contributed by atoms with Crippen LogP contribution in [0.25, 0.3) is 0 Å². The second kappa shape index (κ2) is 10.2. The fourth-order valence-electron chi connectivity index (χ4n) is 4.32. The first-order valence-corrected chi connectivity index (χ1v) is 12.0. The first-order valence-electron chi connectivity index (χ1n) is 11.2. The van der Waals surface area contributed by atoms with Crippen LogP contribution < -0.4 is 10.2 Å². The van der Waals surface area contributed by atoms with Crippen molar-refractivity contribution < 1.29 is 24.0 Å². The van der Waals surface area contributed by atoms with E-state index in [1.807, 2.05) is 0 Å². The van der Waals surface area contributed by atoms with E-state index in [-0.39, 0.29) is 24.1 Å². The van der Waals surface area contributed by atoms with Crippen LogP contribution in [0.1, 0.15) is 40.6 Å². The van der Waals surface area contributed by atoms with Crippen LogP contribution in [-0.2, 0) is 27.2 Å². The molecular formula is C23H26N4O6S. The van der Waals surface area contributed by atoms with Crippen LogP contribution in [0, 0.1) is 10.1 Å². The van der Waals surface area contributed by atoms with Crippen molar-refractivity contribution in [1.82, 2.24) is 4.90 Å². The molecule has 10 nitrogen and oxygen atoms in total. The zero-order valence-corrected chi connectivity index (χ0v) is 19.7. The first-order chi connectivity index (χ1) is 16.3. The van der Waals surface area contributed by atoms with Crippen molar-refractivity contribution in [3.8, 4) is 0 Å². The van der Waals surface area contributed by atoms with Crippen LogP contribution in [-0.4, -0.2) is 60.4 Å². The fraction of sp³-hybridized carbons (Fsp3) is 0.435. The van der Waals surface area contributed by atoms with Gasteiger partial charge in [-0.3, -0.25) is 19.7 Å². The molecule has 4 rings (SSSR count). The predicted octanol–water partition coefficient (Wildman–Crippen LogP) is 3.00. The standard InChI is InChI=1S/C23H26N4O6S/c1-15(28)24-22-21(18-4-2-3-5-19(18)34-22)23(30)33-14-20(29)26-12-10-25(11-13-26)16-6-8-17(9-7-16)27(31)32/h6-9H,2-5,10-14H2,1H3,(H,24,28). The largest absolute Gasteiger partial charge is 0.452 e. The van der Waals surface area contributed by atoms with E-state index in [2.05, 4.69) is 10.2 Å². The van der Waals surface area contributed by atoms with Gasteiger partial charge in [0.15, 0.2) is 6.61 Å². The molecule has 1 fully saturated rings. The Kier molecular flexibility index (Phi) is 7.11. The molecule has 1 aromatic heterocycles. The number of ether oxygens (including phenoxy) is 1. The number of carbonyl (C=O) groups excluding carboxylic acids is 3. The van der Waals surface area contributed by atoms with Gasteiger partial charge in [0.2, 0.25) is 5.91 Å². The molecule has 34 heavy (non-hydrogen) atoms. The summed E-state index contributed by atoms with van der Waals surface area (Å²) in [7, 11) is 0. The molecule has 2 amide bonds. The van der Waals surface area contributed by atoms with Crippen molar-refractivity contribution in [2.75, 3.05) is 43.0 Å². The number of aryl methyl sites for hydroxylation is 1. The number of hydrogen-bond acceptors (Lipinski definition) is 8. The Bertz CT molecular complexity index is 1110. The summed E-state index contributed by atoms with van der Waals surface area (Å²) >= 11 is 1.41. The summed E-state index contributed by atoms with van der Waals surface area (Å²) in [5.74, 6) is -1.11. The van der Waals surface area contributed by atoms with Crippen LogP contribution in [0.15, 0.2) is 24.3 Å². The van der Waals surface area contributed by atoms with Gasteiger partial charge in [-0.2, -0.15) is 0 Å². The lowest BCUT2D eigenvalue weighted by atomic mass is 9.95. The van der Waals surface area contributed by atoms with Crippen LogP contribution in [0.5, 0.6) is 0 Å². The van der Waals surface area contributed by atoms with Crippen LogP contribution in [0.4, 0.5) is 16.4 Å². The molecule has 0 atom stereocenters. The number of hydrogen-bond donors (Lipinski definition) is 1. The molecule has 1 aromatic carbocycles. The van der Waals surface area contributed by atoms with Crippen LogP contribution in [0.2, 0.25) is 0 Å². The molecule has 11 heteroatoms. The third-order valence-electron chi connectivity index (χ3n) is 6.05. The van der Waals surface area contributed by atoms with Gasteiger partial charge in [-0.1, -0.05) is 0 Å². The lowest BCUT2D eigenvalue weighted by Crippen LogP contribution is -2.49. The molecule has 1 N–H and O–H groups in total. The quantitative estimate of drug-likeness (QED) is 0.378. The molecule has 0 saturated carbocycles. The number of thiophene rings is 1. The van der Waals surface area contributed by atoms with E-state index in [1.54, 1.807) is 17.0 Å². The molecule has 1 aliphatic carbocycles. The molecule has 0 bridgehead atoms. The number of nitrogens with zero attached hydrogens (tertiary/aromatic N) is 3. The number of anilines is 2. The number of nitro groups is 1. The number of fused-ring (bicyclic) bond motifs is 1. The number of non-ortho nitro benzene ring substituents is 1. The maximum atomic E-state index is 12.9. The van der Waals surface area contributed by atoms with E-state index in [9.17, 15) is 24.5 Å². The highest BCUT2D eigenvalue weighted by Crippen LogP contribution is 2.38. The van der Waals surface area contributed by atoms with Gasteiger partial charge in [0.05, 0.1) is 10.5 Å². The van der Waals surface area contributed by atoms with E-state index >= 15 is 0 Å². The monoisotopic (exact) mass is 486 g/mol. The fourth-order valence-corrected chi connectivity index (χ4v) is 5.64. The second-order valence-corrected chi connectivity index (χ2v) is 9.42. The molecule has 0 radical (unpaired) electrons. The number of rotatable bonds is 6. The summed E-state index contributed by atoms with van der Waals surface area (Å²) < 4.78 is 5.38. The van der Waals surface area contributed by atoms with Gasteiger partial charge < -0.3 is 19.9 Å². The van der Waals surface area contributed by atoms with Crippen molar-refractivity contribution in [3.05, 3.63) is 50.4 Å². The van der Waals surface area contributed by atoms with Gasteiger partial charge in [0, 0.05) is 55.8 Å². The molecule has 180 valence electrons. The Balaban J connectivity index is 1.33. The Labute approximate surface area is 200 Å². The Morgan fingerprint density at radius 2 is 1.76 bits per heavy atom. The van der Waals surface area contributed by atoms with Gasteiger partial charge in [-0.25, -0.2) is 4.79 Å². The molecule has 2 aliphatic rings. The van der Waals surface area contributed by atoms with Gasteiger partial charge in [-0.05, 0) is 43.4 Å². The number of amides is 2. The minimum absolute atomic E-state index is 0.0351. The molecule has 1 saturated heterocycles. The summed E-state index contributed by atoms with van der Waals surface area (Å²) in [6, 6.07) is 6.33. The molecule has 2 heterocycles. The highest BCUT2D eigenvalue weighted by atomic mass is 32.1. The van der Waals surface area contributed by atoms with Crippen LogP contribution >= 0.6 is 11.3 Å². The average Bonchev–Trinajstić information content (AvgIpc) is 3.19. The summed E-state index contributed by atoms with van der Waals surface area (Å²) in [5.41, 5.74) is 2.20. The second-order valence-electron chi connectivity index (χ2n) is 8.31. The number of nitro benzene ring substituents is 1. The zero-order valence-electron chi connectivity index (χ0n) is 18.9. The summed E-state index contributed by atoms with van der Waals surface area (Å²) in [6.07, 6.45) is 3.65. The van der Waals surface area contributed by atoms with Gasteiger partial charge in [0.1, 0.15) is 5.00 Å². The predicted molar refractivity (Wildman–Crippen MR) is 127 cm³/mol. The van der Waals surface area contributed by atoms with Crippen molar-refractivity contribution in [3.63, 3.8) is 0 Å². The lowest BCUT2D eigenvalue weighted by Gasteiger charge is -2.36. The molecule has 2 aromatic rings. The zero-order chi connectivity index (χ0) is 24.2. The Hall–Kier alpha value is -3.47. The maximum absolute atomic E-state index is 12.9. The maximum Gasteiger partial charge on any atom is 0.341 e. The van der Waals surface area contributed by atoms with E-state index in [4.69, 9.17) is 4.74 Å². The number of esters is 1. The van der Waals surface area contributed by atoms with Gasteiger partial charge in [0.25, 0.3) is 11.6 Å².